The zero-order valence-corrected chi connectivity index (χ0v) is 17.6. The molecule has 2 fully saturated rings. The number of hydrogen-bond acceptors (Lipinski definition) is 5. The molecule has 0 bridgehead atoms. The number of nitrogens with zero attached hydrogens (tertiary/aromatic N) is 5. The number of rotatable bonds is 4. The molecule has 0 radical (unpaired) electrons. The summed E-state index contributed by atoms with van der Waals surface area (Å²) in [6.07, 6.45) is 2.27. The standard InChI is InChI=1S/C21H35N5O/c1-15(2)20-22-17(4)14-19(23-20)25-12-10-24(11-13-25)18(5)21(27)26-8-6-16(3)7-9-26/h14-16,18H,6-13H2,1-5H3/t18-/m1/s1. The fourth-order valence-electron chi connectivity index (χ4n) is 3.98. The average Bonchev–Trinajstić information content (AvgIpc) is 2.67. The molecular formula is C21H35N5O. The van der Waals surface area contributed by atoms with E-state index in [1.165, 1.54) is 0 Å². The maximum Gasteiger partial charge on any atom is 0.239 e. The zero-order valence-electron chi connectivity index (χ0n) is 17.6. The Morgan fingerprint density at radius 3 is 2.26 bits per heavy atom. The monoisotopic (exact) mass is 373 g/mol. The van der Waals surface area contributed by atoms with Crippen molar-refractivity contribution < 1.29 is 4.79 Å². The molecule has 150 valence electrons. The summed E-state index contributed by atoms with van der Waals surface area (Å²) in [4.78, 5) is 28.9. The van der Waals surface area contributed by atoms with E-state index in [0.29, 0.717) is 11.8 Å². The Morgan fingerprint density at radius 1 is 1.04 bits per heavy atom. The van der Waals surface area contributed by atoms with Crippen molar-refractivity contribution in [2.45, 2.75) is 59.4 Å². The number of aryl methyl sites for hydroxylation is 1. The summed E-state index contributed by atoms with van der Waals surface area (Å²) in [5.41, 5.74) is 1.02. The number of likely N-dealkylation sites (tertiary alicyclic amines) is 1. The first-order valence-corrected chi connectivity index (χ1v) is 10.5. The van der Waals surface area contributed by atoms with Crippen LogP contribution in [0, 0.1) is 12.8 Å². The number of piperidine rings is 1. The molecule has 3 heterocycles. The molecule has 1 atom stereocenters. The second-order valence-corrected chi connectivity index (χ2v) is 8.59. The molecule has 1 amide bonds. The summed E-state index contributed by atoms with van der Waals surface area (Å²) < 4.78 is 0. The molecule has 6 heteroatoms. The Bertz CT molecular complexity index is 646. The molecule has 2 aliphatic heterocycles. The number of amides is 1. The Morgan fingerprint density at radius 2 is 1.67 bits per heavy atom. The minimum Gasteiger partial charge on any atom is -0.354 e. The van der Waals surface area contributed by atoms with Crippen molar-refractivity contribution in [3.63, 3.8) is 0 Å². The van der Waals surface area contributed by atoms with E-state index >= 15 is 0 Å². The molecular weight excluding hydrogens is 338 g/mol. The second kappa shape index (κ2) is 8.55. The van der Waals surface area contributed by atoms with Gasteiger partial charge in [0.05, 0.1) is 6.04 Å². The van der Waals surface area contributed by atoms with Crippen molar-refractivity contribution in [1.29, 1.82) is 0 Å². The number of piperazine rings is 1. The molecule has 1 aromatic heterocycles. The third kappa shape index (κ3) is 4.78. The summed E-state index contributed by atoms with van der Waals surface area (Å²) >= 11 is 0. The van der Waals surface area contributed by atoms with Crippen LogP contribution in [0.1, 0.15) is 58.0 Å². The average molecular weight is 374 g/mol. The van der Waals surface area contributed by atoms with Gasteiger partial charge in [0.2, 0.25) is 5.91 Å². The van der Waals surface area contributed by atoms with Gasteiger partial charge in [-0.05, 0) is 32.6 Å². The van der Waals surface area contributed by atoms with Gasteiger partial charge in [-0.3, -0.25) is 9.69 Å². The smallest absolute Gasteiger partial charge is 0.239 e. The van der Waals surface area contributed by atoms with Crippen molar-refractivity contribution in [3.05, 3.63) is 17.6 Å². The van der Waals surface area contributed by atoms with Gasteiger partial charge in [0.25, 0.3) is 0 Å². The summed E-state index contributed by atoms with van der Waals surface area (Å²) in [6.45, 7) is 16.1. The van der Waals surface area contributed by atoms with Gasteiger partial charge < -0.3 is 9.80 Å². The molecule has 0 spiro atoms. The van der Waals surface area contributed by atoms with E-state index in [2.05, 4.69) is 53.4 Å². The fraction of sp³-hybridized carbons (Fsp3) is 0.762. The van der Waals surface area contributed by atoms with Crippen LogP contribution in [-0.4, -0.2) is 71.0 Å². The van der Waals surface area contributed by atoms with Crippen LogP contribution in [0.15, 0.2) is 6.07 Å². The predicted molar refractivity (Wildman–Crippen MR) is 109 cm³/mol. The van der Waals surface area contributed by atoms with E-state index in [9.17, 15) is 4.79 Å². The van der Waals surface area contributed by atoms with Gasteiger partial charge in [-0.25, -0.2) is 9.97 Å². The highest BCUT2D eigenvalue weighted by molar-refractivity contribution is 5.81. The first kappa shape index (κ1) is 20.1. The lowest BCUT2D eigenvalue weighted by Crippen LogP contribution is -2.55. The largest absolute Gasteiger partial charge is 0.354 e. The number of anilines is 1. The van der Waals surface area contributed by atoms with Crippen LogP contribution in [0.4, 0.5) is 5.82 Å². The Balaban J connectivity index is 1.58. The first-order chi connectivity index (χ1) is 12.8. The van der Waals surface area contributed by atoms with Gasteiger partial charge in [0.15, 0.2) is 0 Å². The summed E-state index contributed by atoms with van der Waals surface area (Å²) in [5.74, 6) is 3.32. The molecule has 2 saturated heterocycles. The van der Waals surface area contributed by atoms with Crippen molar-refractivity contribution in [2.24, 2.45) is 5.92 Å². The maximum atomic E-state index is 12.9. The highest BCUT2D eigenvalue weighted by Gasteiger charge is 2.30. The van der Waals surface area contributed by atoms with Crippen LogP contribution in [0.3, 0.4) is 0 Å². The van der Waals surface area contributed by atoms with Crippen LogP contribution < -0.4 is 4.90 Å². The van der Waals surface area contributed by atoms with Gasteiger partial charge in [-0.2, -0.15) is 0 Å². The van der Waals surface area contributed by atoms with Crippen LogP contribution in [0.2, 0.25) is 0 Å². The molecule has 6 nitrogen and oxygen atoms in total. The zero-order chi connectivity index (χ0) is 19.6. The topological polar surface area (TPSA) is 52.6 Å². The lowest BCUT2D eigenvalue weighted by molar-refractivity contribution is -0.137. The van der Waals surface area contributed by atoms with E-state index in [1.54, 1.807) is 0 Å². The van der Waals surface area contributed by atoms with Crippen LogP contribution in [0.25, 0.3) is 0 Å². The quantitative estimate of drug-likeness (QED) is 0.812. The van der Waals surface area contributed by atoms with Crippen molar-refractivity contribution in [2.75, 3.05) is 44.2 Å². The molecule has 0 unspecified atom stereocenters. The Hall–Kier alpha value is -1.69. The van der Waals surface area contributed by atoms with Gasteiger partial charge in [-0.15, -0.1) is 0 Å². The number of hydrogen-bond donors (Lipinski definition) is 0. The molecule has 0 aromatic carbocycles. The normalized spacial score (nSPS) is 21.0. The molecule has 27 heavy (non-hydrogen) atoms. The summed E-state index contributed by atoms with van der Waals surface area (Å²) in [5, 5.41) is 0. The lowest BCUT2D eigenvalue weighted by Gasteiger charge is -2.40. The van der Waals surface area contributed by atoms with Gasteiger partial charge in [0, 0.05) is 56.9 Å². The lowest BCUT2D eigenvalue weighted by atomic mass is 9.98. The molecule has 0 aliphatic carbocycles. The van der Waals surface area contributed by atoms with E-state index in [1.807, 2.05) is 6.92 Å². The van der Waals surface area contributed by atoms with Gasteiger partial charge in [-0.1, -0.05) is 20.8 Å². The SMILES string of the molecule is Cc1cc(N2CCN([C@H](C)C(=O)N3CCC(C)CC3)CC2)nc(C(C)C)n1. The van der Waals surface area contributed by atoms with Crippen LogP contribution in [-0.2, 0) is 4.79 Å². The van der Waals surface area contributed by atoms with E-state index in [4.69, 9.17) is 4.98 Å². The van der Waals surface area contributed by atoms with Gasteiger partial charge >= 0.3 is 0 Å². The van der Waals surface area contributed by atoms with E-state index < -0.39 is 0 Å². The Labute approximate surface area is 164 Å². The van der Waals surface area contributed by atoms with Crippen LogP contribution >= 0.6 is 0 Å². The highest BCUT2D eigenvalue weighted by Crippen LogP contribution is 2.21. The first-order valence-electron chi connectivity index (χ1n) is 10.5. The summed E-state index contributed by atoms with van der Waals surface area (Å²) in [6, 6.07) is 2.05. The second-order valence-electron chi connectivity index (χ2n) is 8.59. The van der Waals surface area contributed by atoms with Crippen molar-refractivity contribution in [1.82, 2.24) is 19.8 Å². The number of carbonyl (C=O) groups excluding carboxylic acids is 1. The fourth-order valence-corrected chi connectivity index (χ4v) is 3.98. The predicted octanol–water partition coefficient (Wildman–Crippen LogP) is 2.68. The van der Waals surface area contributed by atoms with E-state index in [0.717, 1.165) is 75.4 Å². The summed E-state index contributed by atoms with van der Waals surface area (Å²) in [7, 11) is 0. The van der Waals surface area contributed by atoms with Crippen molar-refractivity contribution in [3.8, 4) is 0 Å². The Kier molecular flexibility index (Phi) is 6.35. The number of carbonyl (C=O) groups is 1. The molecule has 1 aromatic rings. The van der Waals surface area contributed by atoms with E-state index in [-0.39, 0.29) is 6.04 Å². The molecule has 0 N–H and O–H groups in total. The van der Waals surface area contributed by atoms with Crippen molar-refractivity contribution >= 4 is 11.7 Å². The number of aromatic nitrogens is 2. The molecule has 0 saturated carbocycles. The third-order valence-corrected chi connectivity index (χ3v) is 6.01. The third-order valence-electron chi connectivity index (χ3n) is 6.01. The minimum absolute atomic E-state index is 0.0288. The molecule has 2 aliphatic rings. The highest BCUT2D eigenvalue weighted by atomic mass is 16.2. The minimum atomic E-state index is -0.0288. The maximum absolute atomic E-state index is 12.9. The van der Waals surface area contributed by atoms with Crippen LogP contribution in [0.5, 0.6) is 0 Å². The molecule has 3 rings (SSSR count). The van der Waals surface area contributed by atoms with Gasteiger partial charge in [0.1, 0.15) is 11.6 Å².